The maximum Gasteiger partial charge on any atom is 0.336 e. The van der Waals surface area contributed by atoms with Gasteiger partial charge < -0.3 is 5.32 Å². The number of fused-ring (bicyclic) bond motifs is 1. The van der Waals surface area contributed by atoms with Gasteiger partial charge in [0.25, 0.3) is 11.5 Å². The summed E-state index contributed by atoms with van der Waals surface area (Å²) in [6, 6.07) is 9.32. The zero-order valence-corrected chi connectivity index (χ0v) is 16.5. The monoisotopic (exact) mass is 412 g/mol. The molecule has 0 fully saturated rings. The molecule has 0 aliphatic heterocycles. The van der Waals surface area contributed by atoms with E-state index in [0.717, 1.165) is 22.6 Å². The first-order valence-electron chi connectivity index (χ1n) is 8.49. The van der Waals surface area contributed by atoms with Gasteiger partial charge in [-0.15, -0.1) is 22.7 Å². The van der Waals surface area contributed by atoms with Crippen LogP contribution >= 0.6 is 22.7 Å². The van der Waals surface area contributed by atoms with Crippen LogP contribution in [0.3, 0.4) is 0 Å². The van der Waals surface area contributed by atoms with Crippen LogP contribution in [0, 0.1) is 6.92 Å². The summed E-state index contributed by atoms with van der Waals surface area (Å²) >= 11 is 2.59. The highest BCUT2D eigenvalue weighted by Gasteiger charge is 2.17. The molecule has 9 heteroatoms. The van der Waals surface area contributed by atoms with Crippen LogP contribution in [0.1, 0.15) is 26.5 Å². The summed E-state index contributed by atoms with van der Waals surface area (Å²) in [5, 5.41) is 4.64. The van der Waals surface area contributed by atoms with Crippen LogP contribution in [0.4, 0.5) is 0 Å². The van der Waals surface area contributed by atoms with Crippen molar-refractivity contribution in [2.24, 2.45) is 0 Å². The maximum absolute atomic E-state index is 12.9. The molecule has 0 aliphatic carbocycles. The van der Waals surface area contributed by atoms with E-state index in [-0.39, 0.29) is 18.0 Å². The van der Waals surface area contributed by atoms with Gasteiger partial charge in [-0.1, -0.05) is 30.3 Å². The number of aryl methyl sites for hydroxylation is 1. The zero-order chi connectivity index (χ0) is 19.7. The number of benzene rings is 1. The maximum atomic E-state index is 12.9. The first-order chi connectivity index (χ1) is 13.5. The van der Waals surface area contributed by atoms with Crippen molar-refractivity contribution in [1.29, 1.82) is 0 Å². The lowest BCUT2D eigenvalue weighted by Gasteiger charge is -2.07. The molecule has 0 spiro atoms. The Balaban J connectivity index is 1.70. The zero-order valence-electron chi connectivity index (χ0n) is 14.9. The summed E-state index contributed by atoms with van der Waals surface area (Å²) < 4.78 is 2.57. The summed E-state index contributed by atoms with van der Waals surface area (Å²) in [4.78, 5) is 43.0. The molecule has 3 heterocycles. The molecule has 1 N–H and O–H groups in total. The number of hydrogen-bond donors (Lipinski definition) is 1. The molecule has 0 aliphatic rings. The number of nitrogens with one attached hydrogen (secondary N) is 1. The van der Waals surface area contributed by atoms with Crippen LogP contribution in [0.25, 0.3) is 4.83 Å². The molecular weight excluding hydrogens is 396 g/mol. The fourth-order valence-electron chi connectivity index (χ4n) is 2.86. The Kier molecular flexibility index (Phi) is 4.93. The third kappa shape index (κ3) is 3.41. The van der Waals surface area contributed by atoms with E-state index < -0.39 is 5.69 Å². The number of nitrogens with zero attached hydrogens (tertiary/aromatic N) is 3. The minimum atomic E-state index is -0.454. The number of thiazole rings is 2. The minimum Gasteiger partial charge on any atom is -0.346 e. The van der Waals surface area contributed by atoms with E-state index in [1.807, 2.05) is 35.7 Å². The SMILES string of the molecule is Cc1c(=O)n(Cc2ccccc2)c(=O)n2cc(C(=O)NCc3cscn3)sc12. The van der Waals surface area contributed by atoms with Crippen LogP contribution in [0.15, 0.2) is 57.0 Å². The standard InChI is InChI=1S/C19H16N4O3S2/c1-12-17(25)22(8-13-5-3-2-4-6-13)19(26)23-9-15(28-18(12)23)16(24)20-7-14-10-27-11-21-14/h2-6,9-11H,7-8H2,1H3,(H,20,24). The van der Waals surface area contributed by atoms with Crippen molar-refractivity contribution in [2.75, 3.05) is 0 Å². The molecule has 7 nitrogen and oxygen atoms in total. The third-order valence-corrected chi connectivity index (χ3v) is 6.16. The van der Waals surface area contributed by atoms with E-state index in [2.05, 4.69) is 10.3 Å². The van der Waals surface area contributed by atoms with E-state index in [4.69, 9.17) is 0 Å². The van der Waals surface area contributed by atoms with Crippen molar-refractivity contribution in [3.8, 4) is 0 Å². The average molecular weight is 412 g/mol. The summed E-state index contributed by atoms with van der Waals surface area (Å²) in [7, 11) is 0. The van der Waals surface area contributed by atoms with Gasteiger partial charge in [0.15, 0.2) is 0 Å². The highest BCUT2D eigenvalue weighted by atomic mass is 32.1. The third-order valence-electron chi connectivity index (χ3n) is 4.32. The largest absolute Gasteiger partial charge is 0.346 e. The molecule has 0 radical (unpaired) electrons. The summed E-state index contributed by atoms with van der Waals surface area (Å²) in [5.74, 6) is -0.303. The molecule has 4 aromatic rings. The number of amides is 1. The van der Waals surface area contributed by atoms with Crippen LogP contribution in [0.5, 0.6) is 0 Å². The lowest BCUT2D eigenvalue weighted by atomic mass is 10.2. The number of hydrogen-bond acceptors (Lipinski definition) is 6. The van der Waals surface area contributed by atoms with Crippen molar-refractivity contribution in [3.63, 3.8) is 0 Å². The molecule has 1 amide bonds. The summed E-state index contributed by atoms with van der Waals surface area (Å²) in [5.41, 5.74) is 2.98. The second-order valence-electron chi connectivity index (χ2n) is 6.22. The molecule has 4 rings (SSSR count). The first kappa shape index (κ1) is 18.3. The molecule has 142 valence electrons. The number of carbonyl (C=O) groups is 1. The fraction of sp³-hybridized carbons (Fsp3) is 0.158. The van der Waals surface area contributed by atoms with Crippen molar-refractivity contribution in [1.82, 2.24) is 19.3 Å². The van der Waals surface area contributed by atoms with Crippen LogP contribution in [-0.4, -0.2) is 19.9 Å². The van der Waals surface area contributed by atoms with Crippen LogP contribution < -0.4 is 16.6 Å². The summed E-state index contributed by atoms with van der Waals surface area (Å²) in [6.45, 7) is 2.17. The van der Waals surface area contributed by atoms with Gasteiger partial charge in [0.1, 0.15) is 9.71 Å². The van der Waals surface area contributed by atoms with Gasteiger partial charge in [-0.05, 0) is 12.5 Å². The normalized spacial score (nSPS) is 11.0. The Morgan fingerprint density at radius 1 is 1.21 bits per heavy atom. The smallest absolute Gasteiger partial charge is 0.336 e. The van der Waals surface area contributed by atoms with Crippen molar-refractivity contribution in [3.05, 3.63) is 90.0 Å². The number of carbonyl (C=O) groups excluding carboxylic acids is 1. The lowest BCUT2D eigenvalue weighted by molar-refractivity contribution is 0.0954. The Morgan fingerprint density at radius 2 is 2.00 bits per heavy atom. The Labute approximate surface area is 167 Å². The molecule has 0 saturated heterocycles. The average Bonchev–Trinajstić information content (AvgIpc) is 3.38. The summed E-state index contributed by atoms with van der Waals surface area (Å²) in [6.07, 6.45) is 1.49. The second-order valence-corrected chi connectivity index (χ2v) is 7.97. The van der Waals surface area contributed by atoms with E-state index in [0.29, 0.717) is 21.8 Å². The van der Waals surface area contributed by atoms with Crippen LogP contribution in [0.2, 0.25) is 0 Å². The highest BCUT2D eigenvalue weighted by molar-refractivity contribution is 7.19. The molecule has 28 heavy (non-hydrogen) atoms. The van der Waals surface area contributed by atoms with Crippen LogP contribution in [-0.2, 0) is 13.1 Å². The molecule has 0 bridgehead atoms. The predicted octanol–water partition coefficient (Wildman–Crippen LogP) is 2.27. The van der Waals surface area contributed by atoms with Gasteiger partial charge in [-0.2, -0.15) is 0 Å². The molecule has 1 aromatic carbocycles. The van der Waals surface area contributed by atoms with Crippen molar-refractivity contribution in [2.45, 2.75) is 20.0 Å². The first-order valence-corrected chi connectivity index (χ1v) is 10.3. The van der Waals surface area contributed by atoms with Crippen molar-refractivity contribution < 1.29 is 4.79 Å². The van der Waals surface area contributed by atoms with Gasteiger partial charge in [0.05, 0.1) is 24.3 Å². The highest BCUT2D eigenvalue weighted by Crippen LogP contribution is 2.18. The predicted molar refractivity (Wildman–Crippen MR) is 109 cm³/mol. The molecule has 0 saturated carbocycles. The Bertz CT molecular complexity index is 1250. The molecular formula is C19H16N4O3S2. The Morgan fingerprint density at radius 3 is 2.71 bits per heavy atom. The number of rotatable bonds is 5. The molecule has 0 unspecified atom stereocenters. The van der Waals surface area contributed by atoms with E-state index in [1.165, 1.54) is 26.5 Å². The van der Waals surface area contributed by atoms with E-state index in [9.17, 15) is 14.4 Å². The Hall–Kier alpha value is -3.04. The van der Waals surface area contributed by atoms with Gasteiger partial charge in [0.2, 0.25) is 0 Å². The van der Waals surface area contributed by atoms with Gasteiger partial charge in [-0.3, -0.25) is 18.6 Å². The van der Waals surface area contributed by atoms with Crippen molar-refractivity contribution >= 4 is 33.4 Å². The molecule has 3 aromatic heterocycles. The van der Waals surface area contributed by atoms with Gasteiger partial charge in [0, 0.05) is 17.1 Å². The minimum absolute atomic E-state index is 0.184. The van der Waals surface area contributed by atoms with E-state index in [1.54, 1.807) is 12.4 Å². The quantitative estimate of drug-likeness (QED) is 0.545. The lowest BCUT2D eigenvalue weighted by Crippen LogP contribution is -2.38. The molecule has 0 atom stereocenters. The van der Waals surface area contributed by atoms with Gasteiger partial charge >= 0.3 is 5.69 Å². The number of aromatic nitrogens is 3. The van der Waals surface area contributed by atoms with Gasteiger partial charge in [-0.25, -0.2) is 9.78 Å². The topological polar surface area (TPSA) is 85.5 Å². The van der Waals surface area contributed by atoms with E-state index >= 15 is 0 Å². The fourth-order valence-corrected chi connectivity index (χ4v) is 4.42. The second kappa shape index (κ2) is 7.53.